The molecule has 8 heteroatoms. The molecule has 0 amide bonds. The summed E-state index contributed by atoms with van der Waals surface area (Å²) in [6.45, 7) is 0.294. The van der Waals surface area contributed by atoms with Crippen molar-refractivity contribution in [3.63, 3.8) is 0 Å². The van der Waals surface area contributed by atoms with Crippen LogP contribution in [0.2, 0.25) is 5.02 Å². The van der Waals surface area contributed by atoms with Gasteiger partial charge in [-0.05, 0) is 52.7 Å². The number of carbonyl (C=O) groups is 1. The van der Waals surface area contributed by atoms with E-state index in [2.05, 4.69) is 10.3 Å². The van der Waals surface area contributed by atoms with Crippen molar-refractivity contribution >= 4 is 28.3 Å². The molecule has 1 heterocycles. The fourth-order valence-electron chi connectivity index (χ4n) is 2.92. The van der Waals surface area contributed by atoms with Crippen LogP contribution < -0.4 is 9.47 Å². The molecule has 0 saturated heterocycles. The summed E-state index contributed by atoms with van der Waals surface area (Å²) >= 11 is 6.02. The predicted octanol–water partition coefficient (Wildman–Crippen LogP) is 4.63. The van der Waals surface area contributed by atoms with Crippen LogP contribution in [0.5, 0.6) is 17.4 Å². The highest BCUT2D eigenvalue weighted by Gasteiger charge is 2.22. The molecule has 0 radical (unpaired) electrons. The van der Waals surface area contributed by atoms with Crippen molar-refractivity contribution < 1.29 is 19.4 Å². The lowest BCUT2D eigenvalue weighted by Crippen LogP contribution is -2.06. The highest BCUT2D eigenvalue weighted by Crippen LogP contribution is 2.29. The number of aromatic carboxylic acids is 1. The number of benzene rings is 3. The lowest BCUT2D eigenvalue weighted by Gasteiger charge is -2.10. The molecule has 0 spiro atoms. The maximum absolute atomic E-state index is 11.6. The molecule has 0 saturated carbocycles. The number of hydrogen-bond donors (Lipinski definition) is 1. The molecular formula is C21H16ClN3O4. The quantitative estimate of drug-likeness (QED) is 0.499. The van der Waals surface area contributed by atoms with Crippen LogP contribution in [0, 0.1) is 0 Å². The van der Waals surface area contributed by atoms with Gasteiger partial charge in [-0.1, -0.05) is 41.1 Å². The lowest BCUT2D eigenvalue weighted by molar-refractivity contribution is 0.0687. The first-order valence-electron chi connectivity index (χ1n) is 8.70. The van der Waals surface area contributed by atoms with Gasteiger partial charge in [0.05, 0.1) is 13.7 Å². The Morgan fingerprint density at radius 3 is 2.45 bits per heavy atom. The molecule has 0 aliphatic rings. The molecule has 146 valence electrons. The van der Waals surface area contributed by atoms with Gasteiger partial charge >= 0.3 is 5.97 Å². The number of methoxy groups -OCH3 is 1. The SMILES string of the molecule is COc1ccc(Cn2nnc(C(=O)O)c2Oc2ccc3cc(Cl)ccc3c2)cc1. The molecule has 0 atom stereocenters. The molecule has 0 unspecified atom stereocenters. The average molecular weight is 410 g/mol. The van der Waals surface area contributed by atoms with Crippen LogP contribution in [-0.4, -0.2) is 33.2 Å². The summed E-state index contributed by atoms with van der Waals surface area (Å²) in [6, 6.07) is 18.3. The summed E-state index contributed by atoms with van der Waals surface area (Å²) in [5, 5.41) is 19.7. The normalized spacial score (nSPS) is 10.8. The van der Waals surface area contributed by atoms with Crippen LogP contribution in [0.15, 0.2) is 60.7 Å². The fourth-order valence-corrected chi connectivity index (χ4v) is 3.10. The summed E-state index contributed by atoms with van der Waals surface area (Å²) in [6.07, 6.45) is 0. The summed E-state index contributed by atoms with van der Waals surface area (Å²) in [7, 11) is 1.59. The Morgan fingerprint density at radius 2 is 1.72 bits per heavy atom. The van der Waals surface area contributed by atoms with E-state index < -0.39 is 5.97 Å². The van der Waals surface area contributed by atoms with Crippen molar-refractivity contribution in [2.45, 2.75) is 6.54 Å². The van der Waals surface area contributed by atoms with Crippen LogP contribution in [0.4, 0.5) is 0 Å². The number of aromatic nitrogens is 3. The number of carboxylic acids is 1. The summed E-state index contributed by atoms with van der Waals surface area (Å²) < 4.78 is 12.5. The van der Waals surface area contributed by atoms with Gasteiger partial charge in [0, 0.05) is 5.02 Å². The van der Waals surface area contributed by atoms with E-state index in [0.29, 0.717) is 17.3 Å². The Bertz CT molecular complexity index is 1190. The molecule has 0 aliphatic carbocycles. The van der Waals surface area contributed by atoms with Gasteiger partial charge in [0.1, 0.15) is 11.5 Å². The second-order valence-electron chi connectivity index (χ2n) is 6.31. The first-order chi connectivity index (χ1) is 14.0. The smallest absolute Gasteiger partial charge is 0.362 e. The Balaban J connectivity index is 1.67. The number of halogens is 1. The van der Waals surface area contributed by atoms with E-state index >= 15 is 0 Å². The number of rotatable bonds is 6. The zero-order chi connectivity index (χ0) is 20.4. The van der Waals surface area contributed by atoms with E-state index in [9.17, 15) is 9.90 Å². The van der Waals surface area contributed by atoms with Crippen molar-refractivity contribution in [1.82, 2.24) is 15.0 Å². The van der Waals surface area contributed by atoms with Crippen molar-refractivity contribution in [2.24, 2.45) is 0 Å². The maximum Gasteiger partial charge on any atom is 0.362 e. The van der Waals surface area contributed by atoms with Gasteiger partial charge in [-0.25, -0.2) is 9.48 Å². The monoisotopic (exact) mass is 409 g/mol. The molecule has 1 aromatic heterocycles. The van der Waals surface area contributed by atoms with Gasteiger partial charge in [-0.2, -0.15) is 0 Å². The van der Waals surface area contributed by atoms with Gasteiger partial charge in [0.25, 0.3) is 5.88 Å². The molecule has 7 nitrogen and oxygen atoms in total. The summed E-state index contributed by atoms with van der Waals surface area (Å²) in [5.41, 5.74) is 0.639. The first-order valence-corrected chi connectivity index (χ1v) is 9.08. The standard InChI is InChI=1S/C21H16ClN3O4/c1-28-17-7-2-13(3-8-17)12-25-20(19(21(26)27)23-24-25)29-18-9-5-14-10-16(22)6-4-15(14)11-18/h2-11H,12H2,1H3,(H,26,27). The minimum atomic E-state index is -1.21. The topological polar surface area (TPSA) is 86.5 Å². The lowest BCUT2D eigenvalue weighted by atomic mass is 10.1. The number of carboxylic acid groups (broad SMARTS) is 1. The minimum Gasteiger partial charge on any atom is -0.497 e. The summed E-state index contributed by atoms with van der Waals surface area (Å²) in [5.74, 6) is 0.0436. The Morgan fingerprint density at radius 1 is 1.03 bits per heavy atom. The van der Waals surface area contributed by atoms with E-state index in [1.807, 2.05) is 48.5 Å². The van der Waals surface area contributed by atoms with E-state index in [0.717, 1.165) is 22.1 Å². The average Bonchev–Trinajstić information content (AvgIpc) is 3.11. The van der Waals surface area contributed by atoms with Gasteiger partial charge in [-0.3, -0.25) is 0 Å². The summed E-state index contributed by atoms with van der Waals surface area (Å²) in [4.78, 5) is 11.6. The second kappa shape index (κ2) is 7.81. The van der Waals surface area contributed by atoms with Crippen LogP contribution in [0.3, 0.4) is 0 Å². The Hall–Kier alpha value is -3.58. The molecule has 4 aromatic rings. The van der Waals surface area contributed by atoms with Crippen molar-refractivity contribution in [1.29, 1.82) is 0 Å². The van der Waals surface area contributed by atoms with Crippen LogP contribution >= 0.6 is 11.6 Å². The van der Waals surface area contributed by atoms with Crippen LogP contribution in [0.25, 0.3) is 10.8 Å². The highest BCUT2D eigenvalue weighted by molar-refractivity contribution is 6.31. The van der Waals surface area contributed by atoms with Crippen LogP contribution in [0.1, 0.15) is 16.1 Å². The minimum absolute atomic E-state index is 0.0571. The number of ether oxygens (including phenoxy) is 2. The molecule has 4 rings (SSSR count). The Labute approximate surface area is 171 Å². The number of fused-ring (bicyclic) bond motifs is 1. The van der Waals surface area contributed by atoms with E-state index in [4.69, 9.17) is 21.1 Å². The third-order valence-electron chi connectivity index (χ3n) is 4.37. The first kappa shape index (κ1) is 18.8. The third kappa shape index (κ3) is 4.00. The van der Waals surface area contributed by atoms with Crippen molar-refractivity contribution in [2.75, 3.05) is 7.11 Å². The molecule has 1 N–H and O–H groups in total. The Kier molecular flexibility index (Phi) is 5.05. The molecule has 3 aromatic carbocycles. The fraction of sp³-hybridized carbons (Fsp3) is 0.0952. The molecule has 0 fully saturated rings. The maximum atomic E-state index is 11.6. The number of hydrogen-bond acceptors (Lipinski definition) is 5. The number of nitrogens with zero attached hydrogens (tertiary/aromatic N) is 3. The van der Waals surface area contributed by atoms with Crippen molar-refractivity contribution in [3.8, 4) is 17.4 Å². The zero-order valence-electron chi connectivity index (χ0n) is 15.4. The second-order valence-corrected chi connectivity index (χ2v) is 6.75. The van der Waals surface area contributed by atoms with Crippen LogP contribution in [-0.2, 0) is 6.54 Å². The highest BCUT2D eigenvalue weighted by atomic mass is 35.5. The van der Waals surface area contributed by atoms with E-state index in [-0.39, 0.29) is 11.6 Å². The van der Waals surface area contributed by atoms with Gasteiger partial charge in [-0.15, -0.1) is 5.10 Å². The molecule has 0 aliphatic heterocycles. The molecular weight excluding hydrogens is 394 g/mol. The van der Waals surface area contributed by atoms with Gasteiger partial charge in [0.2, 0.25) is 5.69 Å². The molecule has 0 bridgehead atoms. The zero-order valence-corrected chi connectivity index (χ0v) is 16.1. The predicted molar refractivity (Wildman–Crippen MR) is 108 cm³/mol. The third-order valence-corrected chi connectivity index (χ3v) is 4.61. The largest absolute Gasteiger partial charge is 0.497 e. The van der Waals surface area contributed by atoms with Gasteiger partial charge in [0.15, 0.2) is 0 Å². The van der Waals surface area contributed by atoms with Crippen molar-refractivity contribution in [3.05, 3.63) is 76.9 Å². The van der Waals surface area contributed by atoms with Gasteiger partial charge < -0.3 is 14.6 Å². The molecule has 29 heavy (non-hydrogen) atoms. The van der Waals surface area contributed by atoms with E-state index in [1.54, 1.807) is 19.2 Å². The van der Waals surface area contributed by atoms with E-state index in [1.165, 1.54) is 4.68 Å².